The summed E-state index contributed by atoms with van der Waals surface area (Å²) >= 11 is 0. The van der Waals surface area contributed by atoms with Crippen molar-refractivity contribution in [2.24, 2.45) is 0 Å². The van der Waals surface area contributed by atoms with E-state index in [1.807, 2.05) is 36.4 Å². The summed E-state index contributed by atoms with van der Waals surface area (Å²) in [6, 6.07) is 14.5. The van der Waals surface area contributed by atoms with Crippen molar-refractivity contribution in [2.75, 3.05) is 46.9 Å². The number of rotatable bonds is 8. The lowest BCUT2D eigenvalue weighted by Crippen LogP contribution is -2.48. The molecule has 1 N–H and O–H groups in total. The van der Waals surface area contributed by atoms with Crippen molar-refractivity contribution < 1.29 is 13.9 Å². The summed E-state index contributed by atoms with van der Waals surface area (Å²) in [6.45, 7) is 4.36. The highest BCUT2D eigenvalue weighted by atomic mass is 19.1. The number of aryl methyl sites for hydroxylation is 1. The first-order chi connectivity index (χ1) is 14.0. The quantitative estimate of drug-likeness (QED) is 0.741. The van der Waals surface area contributed by atoms with Gasteiger partial charge in [0.15, 0.2) is 0 Å². The Morgan fingerprint density at radius 2 is 1.72 bits per heavy atom. The molecule has 0 spiro atoms. The van der Waals surface area contributed by atoms with Crippen LogP contribution in [0.4, 0.5) is 4.39 Å². The molecule has 29 heavy (non-hydrogen) atoms. The molecule has 1 aliphatic heterocycles. The van der Waals surface area contributed by atoms with E-state index in [4.69, 9.17) is 4.74 Å². The van der Waals surface area contributed by atoms with Crippen molar-refractivity contribution in [1.29, 1.82) is 0 Å². The standard InChI is InChI=1S/C23H30FN3O2/c1-26-13-15-27(16-14-26)22(19-6-8-20(24)9-7-19)17-25-23(28)12-5-18-3-10-21(29-2)11-4-18/h3-4,6-11,22H,5,12-17H2,1-2H3,(H,25,28). The summed E-state index contributed by atoms with van der Waals surface area (Å²) < 4.78 is 18.5. The van der Waals surface area contributed by atoms with Crippen LogP contribution >= 0.6 is 0 Å². The molecule has 0 radical (unpaired) electrons. The van der Waals surface area contributed by atoms with Crippen LogP contribution < -0.4 is 10.1 Å². The van der Waals surface area contributed by atoms with Gasteiger partial charge in [0.1, 0.15) is 11.6 Å². The second kappa shape index (κ2) is 10.4. The molecule has 0 aliphatic carbocycles. The summed E-state index contributed by atoms with van der Waals surface area (Å²) in [4.78, 5) is 17.1. The van der Waals surface area contributed by atoms with E-state index in [0.29, 0.717) is 19.4 Å². The third-order valence-electron chi connectivity index (χ3n) is 5.53. The van der Waals surface area contributed by atoms with Crippen molar-refractivity contribution in [1.82, 2.24) is 15.1 Å². The third-order valence-corrected chi connectivity index (χ3v) is 5.53. The first-order valence-electron chi connectivity index (χ1n) is 10.1. The average Bonchev–Trinajstić information content (AvgIpc) is 2.75. The van der Waals surface area contributed by atoms with Gasteiger partial charge < -0.3 is 15.0 Å². The average molecular weight is 400 g/mol. The highest BCUT2D eigenvalue weighted by Crippen LogP contribution is 2.22. The minimum Gasteiger partial charge on any atom is -0.497 e. The van der Waals surface area contributed by atoms with Gasteiger partial charge in [-0.2, -0.15) is 0 Å². The maximum Gasteiger partial charge on any atom is 0.220 e. The minimum atomic E-state index is -0.241. The van der Waals surface area contributed by atoms with Crippen LogP contribution in [-0.4, -0.2) is 62.6 Å². The Bertz CT molecular complexity index is 772. The summed E-state index contributed by atoms with van der Waals surface area (Å²) in [5, 5.41) is 3.08. The first-order valence-corrected chi connectivity index (χ1v) is 10.1. The molecule has 1 atom stereocenters. The number of benzene rings is 2. The molecule has 1 fully saturated rings. The Morgan fingerprint density at radius 3 is 2.34 bits per heavy atom. The van der Waals surface area contributed by atoms with E-state index in [1.54, 1.807) is 7.11 Å². The highest BCUT2D eigenvalue weighted by molar-refractivity contribution is 5.76. The predicted octanol–water partition coefficient (Wildman–Crippen LogP) is 2.87. The van der Waals surface area contributed by atoms with Gasteiger partial charge in [0.05, 0.1) is 13.2 Å². The van der Waals surface area contributed by atoms with E-state index >= 15 is 0 Å². The normalized spacial score (nSPS) is 16.4. The van der Waals surface area contributed by atoms with Gasteiger partial charge in [0.2, 0.25) is 5.91 Å². The Hall–Kier alpha value is -2.44. The smallest absolute Gasteiger partial charge is 0.220 e. The number of nitrogens with one attached hydrogen (secondary N) is 1. The molecule has 5 nitrogen and oxygen atoms in total. The fourth-order valence-corrected chi connectivity index (χ4v) is 3.63. The van der Waals surface area contributed by atoms with Gasteiger partial charge in [0.25, 0.3) is 0 Å². The minimum absolute atomic E-state index is 0.0297. The molecule has 0 bridgehead atoms. The van der Waals surface area contributed by atoms with Crippen molar-refractivity contribution in [3.05, 3.63) is 65.5 Å². The Labute approximate surface area is 172 Å². The van der Waals surface area contributed by atoms with Gasteiger partial charge in [-0.15, -0.1) is 0 Å². The van der Waals surface area contributed by atoms with Gasteiger partial charge in [-0.3, -0.25) is 9.69 Å². The molecule has 0 saturated carbocycles. The first kappa shape index (κ1) is 21.3. The van der Waals surface area contributed by atoms with Crippen LogP contribution in [0.2, 0.25) is 0 Å². The zero-order valence-corrected chi connectivity index (χ0v) is 17.2. The van der Waals surface area contributed by atoms with Gasteiger partial charge >= 0.3 is 0 Å². The number of amides is 1. The highest BCUT2D eigenvalue weighted by Gasteiger charge is 2.24. The van der Waals surface area contributed by atoms with Crippen LogP contribution in [0.3, 0.4) is 0 Å². The lowest BCUT2D eigenvalue weighted by atomic mass is 10.0. The predicted molar refractivity (Wildman–Crippen MR) is 113 cm³/mol. The summed E-state index contributed by atoms with van der Waals surface area (Å²) in [7, 11) is 3.76. The largest absolute Gasteiger partial charge is 0.497 e. The van der Waals surface area contributed by atoms with Gasteiger partial charge in [-0.05, 0) is 48.9 Å². The van der Waals surface area contributed by atoms with Crippen LogP contribution in [0.1, 0.15) is 23.6 Å². The van der Waals surface area contributed by atoms with Gasteiger partial charge in [-0.25, -0.2) is 4.39 Å². The third kappa shape index (κ3) is 6.27. The molecule has 2 aromatic carbocycles. The number of hydrogen-bond acceptors (Lipinski definition) is 4. The molecular formula is C23H30FN3O2. The number of carbonyl (C=O) groups excluding carboxylic acids is 1. The molecule has 1 heterocycles. The van der Waals surface area contributed by atoms with Crippen molar-refractivity contribution >= 4 is 5.91 Å². The summed E-state index contributed by atoms with van der Waals surface area (Å²) in [6.07, 6.45) is 1.12. The number of hydrogen-bond donors (Lipinski definition) is 1. The topological polar surface area (TPSA) is 44.8 Å². The molecule has 1 amide bonds. The fourth-order valence-electron chi connectivity index (χ4n) is 3.63. The molecule has 3 rings (SSSR count). The Balaban J connectivity index is 1.56. The monoisotopic (exact) mass is 399 g/mol. The zero-order valence-electron chi connectivity index (χ0n) is 17.2. The lowest BCUT2D eigenvalue weighted by molar-refractivity contribution is -0.121. The van der Waals surface area contributed by atoms with Crippen LogP contribution in [-0.2, 0) is 11.2 Å². The van der Waals surface area contributed by atoms with Crippen molar-refractivity contribution in [2.45, 2.75) is 18.9 Å². The molecule has 1 saturated heterocycles. The van der Waals surface area contributed by atoms with Crippen LogP contribution in [0.25, 0.3) is 0 Å². The van der Waals surface area contributed by atoms with Crippen LogP contribution in [0.5, 0.6) is 5.75 Å². The number of piperazine rings is 1. The van der Waals surface area contributed by atoms with Crippen LogP contribution in [0, 0.1) is 5.82 Å². The maximum absolute atomic E-state index is 13.4. The molecule has 6 heteroatoms. The molecular weight excluding hydrogens is 369 g/mol. The van der Waals surface area contributed by atoms with Crippen LogP contribution in [0.15, 0.2) is 48.5 Å². The number of ether oxygens (including phenoxy) is 1. The molecule has 1 unspecified atom stereocenters. The van der Waals surface area contributed by atoms with E-state index < -0.39 is 0 Å². The molecule has 2 aromatic rings. The number of methoxy groups -OCH3 is 1. The fraction of sp³-hybridized carbons (Fsp3) is 0.435. The second-order valence-corrected chi connectivity index (χ2v) is 7.56. The van der Waals surface area contributed by atoms with E-state index in [1.165, 1.54) is 12.1 Å². The van der Waals surface area contributed by atoms with Gasteiger partial charge in [-0.1, -0.05) is 24.3 Å². The van der Waals surface area contributed by atoms with E-state index in [2.05, 4.69) is 22.2 Å². The second-order valence-electron chi connectivity index (χ2n) is 7.56. The molecule has 1 aliphatic rings. The zero-order chi connectivity index (χ0) is 20.6. The van der Waals surface area contributed by atoms with E-state index in [9.17, 15) is 9.18 Å². The number of carbonyl (C=O) groups is 1. The lowest BCUT2D eigenvalue weighted by Gasteiger charge is -2.38. The number of nitrogens with zero attached hydrogens (tertiary/aromatic N) is 2. The van der Waals surface area contributed by atoms with Crippen molar-refractivity contribution in [3.63, 3.8) is 0 Å². The number of halogens is 1. The SMILES string of the molecule is COc1ccc(CCC(=O)NCC(c2ccc(F)cc2)N2CCN(C)CC2)cc1. The Morgan fingerprint density at radius 1 is 1.07 bits per heavy atom. The Kier molecular flexibility index (Phi) is 7.61. The van der Waals surface area contributed by atoms with Gasteiger partial charge in [0, 0.05) is 39.1 Å². The summed E-state index contributed by atoms with van der Waals surface area (Å²) in [5.41, 5.74) is 2.14. The van der Waals surface area contributed by atoms with E-state index in [0.717, 1.165) is 43.1 Å². The summed E-state index contributed by atoms with van der Waals surface area (Å²) in [5.74, 6) is 0.601. The molecule has 0 aromatic heterocycles. The van der Waals surface area contributed by atoms with E-state index in [-0.39, 0.29) is 17.8 Å². The van der Waals surface area contributed by atoms with Crippen molar-refractivity contribution in [3.8, 4) is 5.75 Å². The maximum atomic E-state index is 13.4. The number of likely N-dealkylation sites (N-methyl/N-ethyl adjacent to an activating group) is 1. The molecule has 156 valence electrons.